The lowest BCUT2D eigenvalue weighted by molar-refractivity contribution is -0.141. The Balaban J connectivity index is 2.02. The van der Waals surface area contributed by atoms with Gasteiger partial charge in [-0.15, -0.1) is 11.8 Å². The SMILES string of the molecule is Cc1cccc(CN(C(=O)CCCSc2ccc(Cl)cc2)[C@H](C)C(=O)NC(C)(C)C)c1. The molecule has 0 radical (unpaired) electrons. The highest BCUT2D eigenvalue weighted by Crippen LogP contribution is 2.22. The van der Waals surface area contributed by atoms with Gasteiger partial charge in [0.2, 0.25) is 11.8 Å². The van der Waals surface area contributed by atoms with E-state index in [-0.39, 0.29) is 17.4 Å². The quantitative estimate of drug-likeness (QED) is 0.377. The molecule has 0 bridgehead atoms. The molecule has 0 aliphatic heterocycles. The van der Waals surface area contributed by atoms with Crippen LogP contribution in [0.25, 0.3) is 0 Å². The van der Waals surface area contributed by atoms with E-state index in [0.717, 1.165) is 28.2 Å². The fraction of sp³-hybridized carbons (Fsp3) is 0.440. The highest BCUT2D eigenvalue weighted by atomic mass is 35.5. The number of rotatable bonds is 9. The van der Waals surface area contributed by atoms with Crippen LogP contribution >= 0.6 is 23.4 Å². The molecule has 0 aliphatic carbocycles. The van der Waals surface area contributed by atoms with Crippen LogP contribution in [0.5, 0.6) is 0 Å². The normalized spacial score (nSPS) is 12.3. The fourth-order valence-corrected chi connectivity index (χ4v) is 4.13. The summed E-state index contributed by atoms with van der Waals surface area (Å²) in [5.74, 6) is 0.688. The van der Waals surface area contributed by atoms with Gasteiger partial charge in [-0.2, -0.15) is 0 Å². The van der Waals surface area contributed by atoms with Crippen LogP contribution in [0.15, 0.2) is 53.4 Å². The van der Waals surface area contributed by atoms with Crippen molar-refractivity contribution in [2.45, 2.75) is 70.5 Å². The number of nitrogens with zero attached hydrogens (tertiary/aromatic N) is 1. The molecule has 0 heterocycles. The number of amides is 2. The summed E-state index contributed by atoms with van der Waals surface area (Å²) in [7, 11) is 0. The van der Waals surface area contributed by atoms with Crippen molar-refractivity contribution in [3.63, 3.8) is 0 Å². The zero-order chi connectivity index (χ0) is 23.0. The van der Waals surface area contributed by atoms with Gasteiger partial charge >= 0.3 is 0 Å². The van der Waals surface area contributed by atoms with E-state index >= 15 is 0 Å². The molecule has 2 rings (SSSR count). The van der Waals surface area contributed by atoms with Crippen LogP contribution in [0.3, 0.4) is 0 Å². The fourth-order valence-electron chi connectivity index (χ4n) is 3.15. The molecule has 4 nitrogen and oxygen atoms in total. The summed E-state index contributed by atoms with van der Waals surface area (Å²) < 4.78 is 0. The second-order valence-corrected chi connectivity index (χ2v) is 10.4. The third-order valence-corrected chi connectivity index (χ3v) is 6.07. The Bertz CT molecular complexity index is 878. The van der Waals surface area contributed by atoms with E-state index in [9.17, 15) is 9.59 Å². The Kier molecular flexibility index (Phi) is 9.45. The lowest BCUT2D eigenvalue weighted by atomic mass is 10.1. The molecule has 1 atom stereocenters. The second kappa shape index (κ2) is 11.6. The number of hydrogen-bond donors (Lipinski definition) is 1. The van der Waals surface area contributed by atoms with Crippen molar-refractivity contribution in [2.75, 3.05) is 5.75 Å². The number of hydrogen-bond acceptors (Lipinski definition) is 3. The largest absolute Gasteiger partial charge is 0.350 e. The Morgan fingerprint density at radius 1 is 1.13 bits per heavy atom. The second-order valence-electron chi connectivity index (χ2n) is 8.83. The molecule has 0 unspecified atom stereocenters. The molecule has 0 aromatic heterocycles. The zero-order valence-corrected chi connectivity index (χ0v) is 20.6. The molecule has 168 valence electrons. The third-order valence-electron chi connectivity index (χ3n) is 4.72. The van der Waals surface area contributed by atoms with E-state index in [2.05, 4.69) is 11.4 Å². The Hall–Kier alpha value is -1.98. The molecule has 0 spiro atoms. The average Bonchev–Trinajstić information content (AvgIpc) is 2.69. The van der Waals surface area contributed by atoms with Crippen LogP contribution in [0.1, 0.15) is 51.7 Å². The maximum absolute atomic E-state index is 13.1. The first kappa shape index (κ1) is 25.3. The molecule has 6 heteroatoms. The average molecular weight is 461 g/mol. The number of thioether (sulfide) groups is 1. The van der Waals surface area contributed by atoms with E-state index in [4.69, 9.17) is 11.6 Å². The number of nitrogens with one attached hydrogen (secondary N) is 1. The van der Waals surface area contributed by atoms with E-state index in [1.807, 2.05) is 70.2 Å². The highest BCUT2D eigenvalue weighted by molar-refractivity contribution is 7.99. The third kappa shape index (κ3) is 8.96. The Labute approximate surface area is 195 Å². The number of benzene rings is 2. The van der Waals surface area contributed by atoms with Gasteiger partial charge in [-0.05, 0) is 76.6 Å². The van der Waals surface area contributed by atoms with Crippen molar-refractivity contribution in [1.82, 2.24) is 10.2 Å². The lowest BCUT2D eigenvalue weighted by Gasteiger charge is -2.31. The van der Waals surface area contributed by atoms with Crippen LogP contribution in [-0.4, -0.2) is 34.0 Å². The van der Waals surface area contributed by atoms with Crippen molar-refractivity contribution < 1.29 is 9.59 Å². The van der Waals surface area contributed by atoms with Gasteiger partial charge < -0.3 is 10.2 Å². The molecule has 2 aromatic carbocycles. The minimum atomic E-state index is -0.545. The molecule has 0 saturated carbocycles. The molecule has 0 saturated heterocycles. The molecule has 2 aromatic rings. The van der Waals surface area contributed by atoms with Crippen LogP contribution in [0.4, 0.5) is 0 Å². The first-order valence-electron chi connectivity index (χ1n) is 10.6. The first-order chi connectivity index (χ1) is 14.5. The van der Waals surface area contributed by atoms with Gasteiger partial charge in [0.25, 0.3) is 0 Å². The topological polar surface area (TPSA) is 49.4 Å². The van der Waals surface area contributed by atoms with Gasteiger partial charge in [-0.1, -0.05) is 41.4 Å². The van der Waals surface area contributed by atoms with Gasteiger partial charge in [0.1, 0.15) is 6.04 Å². The minimum absolute atomic E-state index is 0.00484. The van der Waals surface area contributed by atoms with Crippen molar-refractivity contribution in [1.29, 1.82) is 0 Å². The van der Waals surface area contributed by atoms with Crippen molar-refractivity contribution >= 4 is 35.2 Å². The highest BCUT2D eigenvalue weighted by Gasteiger charge is 2.28. The van der Waals surface area contributed by atoms with Crippen LogP contribution < -0.4 is 5.32 Å². The first-order valence-corrected chi connectivity index (χ1v) is 12.0. The molecule has 2 amide bonds. The van der Waals surface area contributed by atoms with Gasteiger partial charge in [0.05, 0.1) is 0 Å². The summed E-state index contributed by atoms with van der Waals surface area (Å²) in [5.41, 5.74) is 1.81. The summed E-state index contributed by atoms with van der Waals surface area (Å²) >= 11 is 7.63. The van der Waals surface area contributed by atoms with Crippen molar-refractivity contribution in [3.8, 4) is 0 Å². The summed E-state index contributed by atoms with van der Waals surface area (Å²) in [5, 5.41) is 3.71. The number of carbonyl (C=O) groups is 2. The van der Waals surface area contributed by atoms with Crippen LogP contribution in [0.2, 0.25) is 5.02 Å². The summed E-state index contributed by atoms with van der Waals surface area (Å²) in [4.78, 5) is 28.7. The standard InChI is InChI=1S/C25H33ClN2O2S/c1-18-8-6-9-20(16-18)17-28(19(2)24(30)27-25(3,4)5)23(29)10-7-15-31-22-13-11-21(26)12-14-22/h6,8-9,11-14,16,19H,7,10,15,17H2,1-5H3,(H,27,30)/t19-/m1/s1. The number of carbonyl (C=O) groups excluding carboxylic acids is 2. The van der Waals surface area contributed by atoms with Gasteiger partial charge in [0.15, 0.2) is 0 Å². The summed E-state index contributed by atoms with van der Waals surface area (Å²) in [6.45, 7) is 10.1. The maximum atomic E-state index is 13.1. The minimum Gasteiger partial charge on any atom is -0.350 e. The molecule has 1 N–H and O–H groups in total. The summed E-state index contributed by atoms with van der Waals surface area (Å²) in [6, 6.07) is 15.2. The van der Waals surface area contributed by atoms with E-state index in [0.29, 0.717) is 18.0 Å². The smallest absolute Gasteiger partial charge is 0.242 e. The molecule has 0 fully saturated rings. The molecular weight excluding hydrogens is 428 g/mol. The molecule has 0 aliphatic rings. The van der Waals surface area contributed by atoms with Gasteiger partial charge in [-0.25, -0.2) is 0 Å². The van der Waals surface area contributed by atoms with Gasteiger partial charge in [-0.3, -0.25) is 9.59 Å². The van der Waals surface area contributed by atoms with Gasteiger partial charge in [0, 0.05) is 28.4 Å². The zero-order valence-electron chi connectivity index (χ0n) is 19.1. The number of halogens is 1. The molecule has 31 heavy (non-hydrogen) atoms. The van der Waals surface area contributed by atoms with Crippen molar-refractivity contribution in [3.05, 3.63) is 64.7 Å². The summed E-state index contributed by atoms with van der Waals surface area (Å²) in [6.07, 6.45) is 1.14. The van der Waals surface area contributed by atoms with E-state index < -0.39 is 6.04 Å². The Morgan fingerprint density at radius 2 is 1.81 bits per heavy atom. The number of aryl methyl sites for hydroxylation is 1. The van der Waals surface area contributed by atoms with Crippen LogP contribution in [0, 0.1) is 6.92 Å². The monoisotopic (exact) mass is 460 g/mol. The predicted octanol–water partition coefficient (Wildman–Crippen LogP) is 5.85. The Morgan fingerprint density at radius 3 is 2.42 bits per heavy atom. The van der Waals surface area contributed by atoms with Crippen LogP contribution in [-0.2, 0) is 16.1 Å². The van der Waals surface area contributed by atoms with E-state index in [1.165, 1.54) is 0 Å². The van der Waals surface area contributed by atoms with E-state index in [1.54, 1.807) is 23.6 Å². The van der Waals surface area contributed by atoms with Crippen molar-refractivity contribution in [2.24, 2.45) is 0 Å². The predicted molar refractivity (Wildman–Crippen MR) is 130 cm³/mol. The maximum Gasteiger partial charge on any atom is 0.242 e. The lowest BCUT2D eigenvalue weighted by Crippen LogP contribution is -2.52. The molecular formula is C25H33ClN2O2S.